The number of benzene rings is 1. The summed E-state index contributed by atoms with van der Waals surface area (Å²) in [7, 11) is 0. The van der Waals surface area contributed by atoms with Crippen molar-refractivity contribution in [2.75, 3.05) is 0 Å². The fourth-order valence-corrected chi connectivity index (χ4v) is 2.85. The number of alkyl halides is 2. The second-order valence-corrected chi connectivity index (χ2v) is 5.12. The number of ether oxygens (including phenoxy) is 2. The first-order chi connectivity index (χ1) is 10.0. The number of halogens is 2. The molecule has 1 aromatic carbocycles. The van der Waals surface area contributed by atoms with Gasteiger partial charge in [0.05, 0.1) is 0 Å². The molecule has 0 N–H and O–H groups in total. The zero-order valence-corrected chi connectivity index (χ0v) is 10.9. The molecule has 0 atom stereocenters. The summed E-state index contributed by atoms with van der Waals surface area (Å²) in [4.78, 5) is 11.8. The van der Waals surface area contributed by atoms with E-state index in [1.165, 1.54) is 12.1 Å². The van der Waals surface area contributed by atoms with Gasteiger partial charge < -0.3 is 14.0 Å². The third-order valence-electron chi connectivity index (χ3n) is 3.77. The van der Waals surface area contributed by atoms with Crippen LogP contribution < -0.4 is 9.47 Å². The zero-order valence-electron chi connectivity index (χ0n) is 10.9. The van der Waals surface area contributed by atoms with Crippen molar-refractivity contribution in [3.05, 3.63) is 41.7 Å². The summed E-state index contributed by atoms with van der Waals surface area (Å²) in [5, 5.41) is 0. The van der Waals surface area contributed by atoms with E-state index in [-0.39, 0.29) is 17.3 Å². The van der Waals surface area contributed by atoms with Crippen LogP contribution in [0.2, 0.25) is 0 Å². The van der Waals surface area contributed by atoms with Crippen LogP contribution in [-0.2, 0) is 6.42 Å². The van der Waals surface area contributed by atoms with Crippen molar-refractivity contribution in [3.8, 4) is 17.2 Å². The molecule has 0 saturated carbocycles. The molecule has 1 aromatic heterocycles. The highest BCUT2D eigenvalue weighted by molar-refractivity contribution is 5.98. The number of nitrogens with zero attached hydrogens (tertiary/aromatic N) is 1. The van der Waals surface area contributed by atoms with Crippen LogP contribution in [0.4, 0.5) is 8.78 Å². The van der Waals surface area contributed by atoms with Crippen molar-refractivity contribution < 1.29 is 23.0 Å². The van der Waals surface area contributed by atoms with E-state index in [1.807, 2.05) is 4.57 Å². The number of ketones is 1. The molecule has 0 radical (unpaired) electrons. The maximum absolute atomic E-state index is 13.0. The van der Waals surface area contributed by atoms with Crippen LogP contribution in [0, 0.1) is 0 Å². The van der Waals surface area contributed by atoms with Crippen molar-refractivity contribution in [2.45, 2.75) is 25.6 Å². The Kier molecular flexibility index (Phi) is 2.40. The van der Waals surface area contributed by atoms with Gasteiger partial charge in [-0.25, -0.2) is 0 Å². The molecule has 108 valence electrons. The van der Waals surface area contributed by atoms with Crippen LogP contribution in [0.1, 0.15) is 28.9 Å². The molecule has 0 spiro atoms. The topological polar surface area (TPSA) is 40.5 Å². The Morgan fingerprint density at radius 2 is 1.90 bits per heavy atom. The highest BCUT2D eigenvalue weighted by atomic mass is 19.3. The highest BCUT2D eigenvalue weighted by Gasteiger charge is 2.43. The van der Waals surface area contributed by atoms with Gasteiger partial charge in [0.1, 0.15) is 0 Å². The van der Waals surface area contributed by atoms with E-state index in [0.29, 0.717) is 17.7 Å². The number of Topliss-reactive ketones (excluding diaryl/α,β-unsaturated/α-hetero) is 1. The molecule has 4 rings (SSSR count). The van der Waals surface area contributed by atoms with Gasteiger partial charge in [0.2, 0.25) is 0 Å². The first-order valence-electron chi connectivity index (χ1n) is 6.67. The Morgan fingerprint density at radius 3 is 2.76 bits per heavy atom. The average molecular weight is 291 g/mol. The van der Waals surface area contributed by atoms with Crippen molar-refractivity contribution in [1.29, 1.82) is 0 Å². The van der Waals surface area contributed by atoms with Gasteiger partial charge in [0.25, 0.3) is 0 Å². The SMILES string of the molecule is O=C1CCCc2c1ccn2-c1ccc2c(c1)OC(F)(F)O2. The van der Waals surface area contributed by atoms with E-state index >= 15 is 0 Å². The maximum atomic E-state index is 13.0. The monoisotopic (exact) mass is 291 g/mol. The molecule has 2 aliphatic rings. The Morgan fingerprint density at radius 1 is 1.10 bits per heavy atom. The number of rotatable bonds is 1. The first kappa shape index (κ1) is 12.4. The molecule has 0 unspecified atom stereocenters. The van der Waals surface area contributed by atoms with Gasteiger partial charge in [0.15, 0.2) is 17.3 Å². The molecule has 0 bridgehead atoms. The third kappa shape index (κ3) is 1.90. The van der Waals surface area contributed by atoms with Gasteiger partial charge in [-0.15, -0.1) is 8.78 Å². The second kappa shape index (κ2) is 4.07. The molecule has 0 amide bonds. The van der Waals surface area contributed by atoms with Crippen LogP contribution in [-0.4, -0.2) is 16.6 Å². The number of fused-ring (bicyclic) bond motifs is 2. The largest absolute Gasteiger partial charge is 0.586 e. The fraction of sp³-hybridized carbons (Fsp3) is 0.267. The van der Waals surface area contributed by atoms with Gasteiger partial charge in [0, 0.05) is 35.6 Å². The summed E-state index contributed by atoms with van der Waals surface area (Å²) in [5.41, 5.74) is 2.30. The molecule has 21 heavy (non-hydrogen) atoms. The number of carbonyl (C=O) groups is 1. The third-order valence-corrected chi connectivity index (χ3v) is 3.77. The van der Waals surface area contributed by atoms with Gasteiger partial charge in [-0.1, -0.05) is 0 Å². The van der Waals surface area contributed by atoms with Crippen LogP contribution in [0.25, 0.3) is 5.69 Å². The molecule has 0 fully saturated rings. The summed E-state index contributed by atoms with van der Waals surface area (Å²) in [6.07, 6.45) is 0.318. The van der Waals surface area contributed by atoms with Crippen molar-refractivity contribution >= 4 is 5.78 Å². The van der Waals surface area contributed by atoms with Crippen LogP contribution in [0.3, 0.4) is 0 Å². The van der Waals surface area contributed by atoms with E-state index in [4.69, 9.17) is 0 Å². The molecule has 2 aromatic rings. The summed E-state index contributed by atoms with van der Waals surface area (Å²) < 4.78 is 36.8. The normalized spacial score (nSPS) is 18.7. The van der Waals surface area contributed by atoms with E-state index in [1.54, 1.807) is 18.3 Å². The number of hydrogen-bond acceptors (Lipinski definition) is 3. The molecule has 1 aliphatic carbocycles. The average Bonchev–Trinajstić information content (AvgIpc) is 2.97. The summed E-state index contributed by atoms with van der Waals surface area (Å²) in [6, 6.07) is 6.39. The Bertz CT molecular complexity index is 751. The highest BCUT2D eigenvalue weighted by Crippen LogP contribution is 2.42. The molecule has 1 aliphatic heterocycles. The summed E-state index contributed by atoms with van der Waals surface area (Å²) >= 11 is 0. The Labute approximate surface area is 118 Å². The maximum Gasteiger partial charge on any atom is 0.586 e. The quantitative estimate of drug-likeness (QED) is 0.809. The smallest absolute Gasteiger partial charge is 0.395 e. The molecule has 2 heterocycles. The molecule has 4 nitrogen and oxygen atoms in total. The molecule has 0 saturated heterocycles. The lowest BCUT2D eigenvalue weighted by Crippen LogP contribution is -2.25. The predicted octanol–water partition coefficient (Wildman–Crippen LogP) is 3.32. The van der Waals surface area contributed by atoms with Gasteiger partial charge in [-0.2, -0.15) is 0 Å². The number of aromatic nitrogens is 1. The van der Waals surface area contributed by atoms with Gasteiger partial charge in [-0.05, 0) is 31.0 Å². The lowest BCUT2D eigenvalue weighted by molar-refractivity contribution is -0.286. The minimum absolute atomic E-state index is 0.00193. The Hall–Kier alpha value is -2.37. The lowest BCUT2D eigenvalue weighted by atomic mass is 9.97. The minimum atomic E-state index is -3.62. The molecule has 6 heteroatoms. The Balaban J connectivity index is 1.78. The van der Waals surface area contributed by atoms with Gasteiger partial charge >= 0.3 is 6.29 Å². The van der Waals surface area contributed by atoms with E-state index in [0.717, 1.165) is 18.5 Å². The van der Waals surface area contributed by atoms with Crippen molar-refractivity contribution in [2.24, 2.45) is 0 Å². The van der Waals surface area contributed by atoms with Gasteiger partial charge in [-0.3, -0.25) is 4.79 Å². The van der Waals surface area contributed by atoms with Crippen molar-refractivity contribution in [1.82, 2.24) is 4.57 Å². The first-order valence-corrected chi connectivity index (χ1v) is 6.67. The number of carbonyl (C=O) groups excluding carboxylic acids is 1. The summed E-state index contributed by atoms with van der Waals surface area (Å²) in [5.74, 6) is 0.144. The number of hydrogen-bond donors (Lipinski definition) is 0. The summed E-state index contributed by atoms with van der Waals surface area (Å²) in [6.45, 7) is 0. The van der Waals surface area contributed by atoms with E-state index in [9.17, 15) is 13.6 Å². The molecular weight excluding hydrogens is 280 g/mol. The van der Waals surface area contributed by atoms with Crippen LogP contribution >= 0.6 is 0 Å². The van der Waals surface area contributed by atoms with Crippen LogP contribution in [0.5, 0.6) is 11.5 Å². The zero-order chi connectivity index (χ0) is 14.6. The fourth-order valence-electron chi connectivity index (χ4n) is 2.85. The second-order valence-electron chi connectivity index (χ2n) is 5.12. The van der Waals surface area contributed by atoms with E-state index < -0.39 is 6.29 Å². The van der Waals surface area contributed by atoms with Crippen LogP contribution in [0.15, 0.2) is 30.5 Å². The molecular formula is C15H11F2NO3. The lowest BCUT2D eigenvalue weighted by Gasteiger charge is -2.15. The van der Waals surface area contributed by atoms with Crippen molar-refractivity contribution in [3.63, 3.8) is 0 Å². The standard InChI is InChI=1S/C15H11F2NO3/c16-15(17)20-13-5-4-9(8-14(13)21-15)18-7-6-10-11(18)2-1-3-12(10)19/h4-8H,1-3H2. The predicted molar refractivity (Wildman–Crippen MR) is 69.2 cm³/mol. The minimum Gasteiger partial charge on any atom is -0.395 e. The van der Waals surface area contributed by atoms with E-state index in [2.05, 4.69) is 9.47 Å².